The maximum absolute atomic E-state index is 12.6. The molecule has 2 aromatic heterocycles. The minimum Gasteiger partial charge on any atom is -0.338 e. The van der Waals surface area contributed by atoms with Crippen molar-refractivity contribution in [1.82, 2.24) is 19.0 Å². The van der Waals surface area contributed by atoms with Crippen LogP contribution in [0.3, 0.4) is 0 Å². The van der Waals surface area contributed by atoms with Crippen molar-refractivity contribution in [3.05, 3.63) is 28.8 Å². The van der Waals surface area contributed by atoms with E-state index in [1.54, 1.807) is 21.4 Å². The van der Waals surface area contributed by atoms with E-state index in [-0.39, 0.29) is 24.2 Å². The molecule has 0 N–H and O–H groups in total. The number of carbonyl (C=O) groups excluding carboxylic acids is 1. The van der Waals surface area contributed by atoms with Crippen LogP contribution < -0.4 is 5.69 Å². The number of aromatic nitrogens is 3. The van der Waals surface area contributed by atoms with E-state index < -0.39 is 0 Å². The number of likely N-dealkylation sites (tertiary alicyclic amines) is 1. The number of carbonyl (C=O) groups is 1. The third kappa shape index (κ3) is 2.42. The Bertz CT molecular complexity index is 746. The molecule has 6 nitrogen and oxygen atoms in total. The van der Waals surface area contributed by atoms with Gasteiger partial charge in [-0.3, -0.25) is 13.9 Å². The SMILES string of the molecule is CCn1c(=O)n(CC(=O)N2CCCCC2C)c2cccnc21. The van der Waals surface area contributed by atoms with Gasteiger partial charge in [0.05, 0.1) is 5.52 Å². The second-order valence-corrected chi connectivity index (χ2v) is 5.89. The molecule has 1 unspecified atom stereocenters. The molecule has 3 heterocycles. The number of aryl methyl sites for hydroxylation is 1. The lowest BCUT2D eigenvalue weighted by molar-refractivity contribution is -0.135. The van der Waals surface area contributed by atoms with Crippen LogP contribution in [-0.4, -0.2) is 37.5 Å². The number of pyridine rings is 1. The minimum atomic E-state index is -0.158. The van der Waals surface area contributed by atoms with E-state index in [4.69, 9.17) is 0 Å². The second-order valence-electron chi connectivity index (χ2n) is 5.89. The average Bonchev–Trinajstić information content (AvgIpc) is 2.79. The predicted molar refractivity (Wildman–Crippen MR) is 84.7 cm³/mol. The summed E-state index contributed by atoms with van der Waals surface area (Å²) in [5.74, 6) is 0.0216. The van der Waals surface area contributed by atoms with Gasteiger partial charge in [-0.2, -0.15) is 0 Å². The average molecular weight is 302 g/mol. The monoisotopic (exact) mass is 302 g/mol. The normalized spacial score (nSPS) is 18.8. The Kier molecular flexibility index (Phi) is 4.00. The van der Waals surface area contributed by atoms with Crippen LogP contribution in [-0.2, 0) is 17.9 Å². The quantitative estimate of drug-likeness (QED) is 0.865. The lowest BCUT2D eigenvalue weighted by Crippen LogP contribution is -2.44. The van der Waals surface area contributed by atoms with E-state index in [0.29, 0.717) is 12.2 Å². The summed E-state index contributed by atoms with van der Waals surface area (Å²) in [6, 6.07) is 3.91. The van der Waals surface area contributed by atoms with Gasteiger partial charge in [-0.1, -0.05) is 0 Å². The van der Waals surface area contributed by atoms with Gasteiger partial charge in [0.15, 0.2) is 5.65 Å². The number of imidazole rings is 1. The second kappa shape index (κ2) is 5.94. The third-order valence-electron chi connectivity index (χ3n) is 4.51. The molecule has 6 heteroatoms. The summed E-state index contributed by atoms with van der Waals surface area (Å²) in [4.78, 5) is 31.3. The first kappa shape index (κ1) is 14.8. The van der Waals surface area contributed by atoms with E-state index in [9.17, 15) is 9.59 Å². The first-order valence-corrected chi connectivity index (χ1v) is 7.97. The van der Waals surface area contributed by atoms with Crippen molar-refractivity contribution in [2.75, 3.05) is 6.54 Å². The molecule has 0 bridgehead atoms. The maximum atomic E-state index is 12.6. The molecule has 0 spiro atoms. The molecular formula is C16H22N4O2. The van der Waals surface area contributed by atoms with Crippen molar-refractivity contribution in [2.45, 2.75) is 52.2 Å². The van der Waals surface area contributed by atoms with Crippen molar-refractivity contribution in [3.8, 4) is 0 Å². The van der Waals surface area contributed by atoms with E-state index in [1.807, 2.05) is 17.9 Å². The Labute approximate surface area is 129 Å². The molecule has 1 atom stereocenters. The van der Waals surface area contributed by atoms with Gasteiger partial charge in [0.25, 0.3) is 0 Å². The Morgan fingerprint density at radius 3 is 2.91 bits per heavy atom. The number of hydrogen-bond donors (Lipinski definition) is 0. The summed E-state index contributed by atoms with van der Waals surface area (Å²) >= 11 is 0. The fourth-order valence-electron chi connectivity index (χ4n) is 3.28. The molecule has 0 radical (unpaired) electrons. The third-order valence-corrected chi connectivity index (χ3v) is 4.51. The van der Waals surface area contributed by atoms with E-state index in [2.05, 4.69) is 11.9 Å². The Balaban J connectivity index is 1.95. The summed E-state index contributed by atoms with van der Waals surface area (Å²) in [7, 11) is 0. The van der Waals surface area contributed by atoms with E-state index in [1.165, 1.54) is 6.42 Å². The molecule has 1 aliphatic heterocycles. The summed E-state index contributed by atoms with van der Waals surface area (Å²) in [5, 5.41) is 0. The highest BCUT2D eigenvalue weighted by atomic mass is 16.2. The zero-order valence-corrected chi connectivity index (χ0v) is 13.2. The zero-order valence-electron chi connectivity index (χ0n) is 13.2. The van der Waals surface area contributed by atoms with Gasteiger partial charge < -0.3 is 4.90 Å². The molecule has 2 aromatic rings. The minimum absolute atomic E-state index is 0.0216. The van der Waals surface area contributed by atoms with Gasteiger partial charge in [0.1, 0.15) is 6.54 Å². The van der Waals surface area contributed by atoms with Crippen molar-refractivity contribution >= 4 is 17.1 Å². The van der Waals surface area contributed by atoms with Crippen LogP contribution >= 0.6 is 0 Å². The van der Waals surface area contributed by atoms with Gasteiger partial charge in [-0.05, 0) is 45.2 Å². The fourth-order valence-corrected chi connectivity index (χ4v) is 3.28. The van der Waals surface area contributed by atoms with Crippen LogP contribution in [0.2, 0.25) is 0 Å². The highest BCUT2D eigenvalue weighted by Crippen LogP contribution is 2.17. The summed E-state index contributed by atoms with van der Waals surface area (Å²) in [6.07, 6.45) is 4.93. The van der Waals surface area contributed by atoms with Crippen LogP contribution in [0.15, 0.2) is 23.1 Å². The highest BCUT2D eigenvalue weighted by Gasteiger charge is 2.25. The topological polar surface area (TPSA) is 60.1 Å². The molecule has 1 amide bonds. The molecule has 3 rings (SSSR count). The lowest BCUT2D eigenvalue weighted by Gasteiger charge is -2.33. The highest BCUT2D eigenvalue weighted by molar-refractivity contribution is 5.79. The Hall–Kier alpha value is -2.11. The van der Waals surface area contributed by atoms with Crippen LogP contribution in [0.4, 0.5) is 0 Å². The maximum Gasteiger partial charge on any atom is 0.330 e. The summed E-state index contributed by atoms with van der Waals surface area (Å²) in [5.41, 5.74) is 1.22. The Morgan fingerprint density at radius 2 is 2.18 bits per heavy atom. The molecule has 118 valence electrons. The van der Waals surface area contributed by atoms with Crippen LogP contribution in [0.5, 0.6) is 0 Å². The van der Waals surface area contributed by atoms with E-state index >= 15 is 0 Å². The number of nitrogens with zero attached hydrogens (tertiary/aromatic N) is 4. The number of piperidine rings is 1. The number of rotatable bonds is 3. The molecule has 0 saturated carbocycles. The standard InChI is InChI=1S/C16H22N4O2/c1-3-18-15-13(8-6-9-17-15)20(16(18)22)11-14(21)19-10-5-4-7-12(19)2/h6,8-9,12H,3-5,7,10-11H2,1-2H3. The van der Waals surface area contributed by atoms with Gasteiger partial charge in [0, 0.05) is 25.3 Å². The van der Waals surface area contributed by atoms with Crippen LogP contribution in [0.25, 0.3) is 11.2 Å². The van der Waals surface area contributed by atoms with E-state index in [0.717, 1.165) is 24.9 Å². The molecule has 1 saturated heterocycles. The molecule has 1 fully saturated rings. The van der Waals surface area contributed by atoms with Gasteiger partial charge in [-0.25, -0.2) is 9.78 Å². The van der Waals surface area contributed by atoms with Gasteiger partial charge in [0.2, 0.25) is 5.91 Å². The molecule has 0 aromatic carbocycles. The van der Waals surface area contributed by atoms with Crippen LogP contribution in [0.1, 0.15) is 33.1 Å². The first-order chi connectivity index (χ1) is 10.6. The zero-order chi connectivity index (χ0) is 15.7. The van der Waals surface area contributed by atoms with Crippen molar-refractivity contribution < 1.29 is 4.79 Å². The van der Waals surface area contributed by atoms with Crippen LogP contribution in [0, 0.1) is 0 Å². The molecular weight excluding hydrogens is 280 g/mol. The lowest BCUT2D eigenvalue weighted by atomic mass is 10.0. The van der Waals surface area contributed by atoms with Crippen molar-refractivity contribution in [1.29, 1.82) is 0 Å². The first-order valence-electron chi connectivity index (χ1n) is 7.97. The van der Waals surface area contributed by atoms with Crippen molar-refractivity contribution in [3.63, 3.8) is 0 Å². The predicted octanol–water partition coefficient (Wildman–Crippen LogP) is 1.62. The van der Waals surface area contributed by atoms with Gasteiger partial charge in [-0.15, -0.1) is 0 Å². The molecule has 0 aliphatic carbocycles. The fraction of sp³-hybridized carbons (Fsp3) is 0.562. The summed E-state index contributed by atoms with van der Waals surface area (Å²) < 4.78 is 3.16. The smallest absolute Gasteiger partial charge is 0.330 e. The number of fused-ring (bicyclic) bond motifs is 1. The van der Waals surface area contributed by atoms with Crippen molar-refractivity contribution in [2.24, 2.45) is 0 Å². The largest absolute Gasteiger partial charge is 0.338 e. The molecule has 22 heavy (non-hydrogen) atoms. The molecule has 1 aliphatic rings. The number of hydrogen-bond acceptors (Lipinski definition) is 3. The summed E-state index contributed by atoms with van der Waals surface area (Å²) in [6.45, 7) is 5.43. The number of amides is 1. The Morgan fingerprint density at radius 1 is 1.36 bits per heavy atom. The van der Waals surface area contributed by atoms with Gasteiger partial charge >= 0.3 is 5.69 Å².